The highest BCUT2D eigenvalue weighted by atomic mass is 28.4. The molecule has 0 saturated carbocycles. The van der Waals surface area contributed by atoms with Gasteiger partial charge in [0.15, 0.2) is 5.38 Å². The summed E-state index contributed by atoms with van der Waals surface area (Å²) in [4.78, 5) is 0. The Morgan fingerprint density at radius 1 is 1.29 bits per heavy atom. The predicted octanol–water partition coefficient (Wildman–Crippen LogP) is 1.50. The first-order valence-corrected chi connectivity index (χ1v) is 7.55. The number of rotatable bonds is 9. The first-order chi connectivity index (χ1) is 8.22. The minimum Gasteiger partial charge on any atom is -0.492 e. The van der Waals surface area contributed by atoms with Crippen molar-refractivity contribution >= 4 is 8.80 Å². The van der Waals surface area contributed by atoms with Crippen molar-refractivity contribution in [3.8, 4) is 0 Å². The van der Waals surface area contributed by atoms with Gasteiger partial charge in [0.1, 0.15) is 12.7 Å². The lowest BCUT2D eigenvalue weighted by atomic mass is 10.3. The van der Waals surface area contributed by atoms with Gasteiger partial charge in [-0.05, 0) is 12.5 Å². The zero-order valence-corrected chi connectivity index (χ0v) is 12.0. The topological polar surface area (TPSA) is 49.5 Å². The number of hydrogen-bond acceptors (Lipinski definition) is 5. The fourth-order valence-electron chi connectivity index (χ4n) is 1.45. The van der Waals surface area contributed by atoms with Gasteiger partial charge in [-0.1, -0.05) is 13.3 Å². The zero-order chi connectivity index (χ0) is 12.7. The molecule has 1 saturated heterocycles. The van der Waals surface area contributed by atoms with Crippen molar-refractivity contribution in [2.75, 3.05) is 34.5 Å². The highest BCUT2D eigenvalue weighted by Gasteiger charge is 2.46. The molecule has 0 amide bonds. The molecule has 100 valence electrons. The Balaban J connectivity index is 2.69. The van der Waals surface area contributed by atoms with Gasteiger partial charge in [0.05, 0.1) is 6.61 Å². The number of ether oxygens (including phenoxy) is 2. The van der Waals surface area contributed by atoms with E-state index >= 15 is 0 Å². The van der Waals surface area contributed by atoms with Crippen LogP contribution in [-0.2, 0) is 22.8 Å². The number of hydrogen-bond donors (Lipinski definition) is 0. The molecule has 1 aliphatic heterocycles. The molecule has 1 rings (SSSR count). The van der Waals surface area contributed by atoms with Crippen molar-refractivity contribution in [1.82, 2.24) is 0 Å². The summed E-state index contributed by atoms with van der Waals surface area (Å²) >= 11 is 0. The molecule has 1 aliphatic rings. The van der Waals surface area contributed by atoms with E-state index in [0.29, 0.717) is 12.0 Å². The third-order valence-corrected chi connectivity index (χ3v) is 5.12. The van der Waals surface area contributed by atoms with E-state index < -0.39 is 8.80 Å². The molecule has 0 spiro atoms. The predicted molar refractivity (Wildman–Crippen MR) is 65.5 cm³/mol. The van der Waals surface area contributed by atoms with Gasteiger partial charge in [-0.3, -0.25) is 0 Å². The van der Waals surface area contributed by atoms with Gasteiger partial charge < -0.3 is 22.8 Å². The Bertz CT molecular complexity index is 240. The number of allylic oxidation sites excluding steroid dienone is 1. The van der Waals surface area contributed by atoms with Crippen molar-refractivity contribution in [2.45, 2.75) is 25.9 Å². The van der Waals surface area contributed by atoms with Crippen LogP contribution in [-0.4, -0.2) is 49.5 Å². The van der Waals surface area contributed by atoms with E-state index in [4.69, 9.17) is 22.8 Å². The molecular weight excluding hydrogens is 240 g/mol. The molecule has 1 fully saturated rings. The molecular formula is C11H22O5Si. The summed E-state index contributed by atoms with van der Waals surface area (Å²) < 4.78 is 27.1. The molecule has 0 aromatic heterocycles. The van der Waals surface area contributed by atoms with Gasteiger partial charge >= 0.3 is 8.80 Å². The standard InChI is InChI=1S/C11H22O5Si/c1-5-6-7-11(16-9-10-8-15-10)17(12-2,13-3)14-4/h7,10H,5-6,8-9H2,1-4H3/b11-7+. The van der Waals surface area contributed by atoms with E-state index in [0.717, 1.165) is 19.4 Å². The fourth-order valence-corrected chi connectivity index (χ4v) is 3.20. The van der Waals surface area contributed by atoms with Crippen LogP contribution in [0.5, 0.6) is 0 Å². The summed E-state index contributed by atoms with van der Waals surface area (Å²) in [7, 11) is 1.90. The highest BCUT2D eigenvalue weighted by Crippen LogP contribution is 2.22. The smallest absolute Gasteiger partial charge is 0.492 e. The fraction of sp³-hybridized carbons (Fsp3) is 0.818. The quantitative estimate of drug-likeness (QED) is 0.358. The lowest BCUT2D eigenvalue weighted by Crippen LogP contribution is -2.46. The zero-order valence-electron chi connectivity index (χ0n) is 11.0. The Hall–Kier alpha value is -0.403. The number of unbranched alkanes of at least 4 members (excludes halogenated alkanes) is 1. The van der Waals surface area contributed by atoms with Crippen LogP contribution in [0.3, 0.4) is 0 Å². The van der Waals surface area contributed by atoms with Crippen molar-refractivity contribution in [3.63, 3.8) is 0 Å². The molecule has 17 heavy (non-hydrogen) atoms. The molecule has 1 unspecified atom stereocenters. The van der Waals surface area contributed by atoms with Crippen LogP contribution in [0.1, 0.15) is 19.8 Å². The van der Waals surface area contributed by atoms with Gasteiger partial charge in [-0.2, -0.15) is 0 Å². The molecule has 0 bridgehead atoms. The second-order valence-corrected chi connectivity index (χ2v) is 6.62. The molecule has 0 aliphatic carbocycles. The maximum absolute atomic E-state index is 5.73. The van der Waals surface area contributed by atoms with E-state index in [2.05, 4.69) is 6.92 Å². The second-order valence-electron chi connectivity index (χ2n) is 3.79. The third kappa shape index (κ3) is 4.08. The second kappa shape index (κ2) is 7.12. The SMILES string of the molecule is CCC/C=C(\OCC1CO1)[Si](OC)(OC)OC. The van der Waals surface area contributed by atoms with Crippen molar-refractivity contribution in [2.24, 2.45) is 0 Å². The lowest BCUT2D eigenvalue weighted by Gasteiger charge is -2.26. The van der Waals surface area contributed by atoms with E-state index in [1.54, 1.807) is 21.3 Å². The average molecular weight is 262 g/mol. The van der Waals surface area contributed by atoms with Crippen molar-refractivity contribution < 1.29 is 22.8 Å². The molecule has 0 N–H and O–H groups in total. The maximum atomic E-state index is 5.73. The van der Waals surface area contributed by atoms with Gasteiger partial charge in [0, 0.05) is 21.3 Å². The summed E-state index contributed by atoms with van der Waals surface area (Å²) in [6.07, 6.45) is 4.14. The molecule has 1 heterocycles. The summed E-state index contributed by atoms with van der Waals surface area (Å²) in [6, 6.07) is 0. The Morgan fingerprint density at radius 3 is 2.29 bits per heavy atom. The van der Waals surface area contributed by atoms with E-state index in [1.165, 1.54) is 0 Å². The van der Waals surface area contributed by atoms with Crippen LogP contribution >= 0.6 is 0 Å². The molecule has 0 aromatic rings. The summed E-state index contributed by atoms with van der Waals surface area (Å²) in [6.45, 7) is 3.40. The van der Waals surface area contributed by atoms with Gasteiger partial charge in [0.2, 0.25) is 0 Å². The van der Waals surface area contributed by atoms with Crippen LogP contribution in [0.15, 0.2) is 11.5 Å². The Labute approximate surface area is 104 Å². The van der Waals surface area contributed by atoms with Crippen LogP contribution in [0.4, 0.5) is 0 Å². The molecule has 0 radical (unpaired) electrons. The summed E-state index contributed by atoms with van der Waals surface area (Å²) in [5.74, 6) is 0. The first kappa shape index (κ1) is 14.7. The molecule has 5 nitrogen and oxygen atoms in total. The van der Waals surface area contributed by atoms with E-state index in [9.17, 15) is 0 Å². The first-order valence-electron chi connectivity index (χ1n) is 5.82. The molecule has 0 aromatic carbocycles. The maximum Gasteiger partial charge on any atom is 0.572 e. The van der Waals surface area contributed by atoms with Gasteiger partial charge in [-0.25, -0.2) is 0 Å². The van der Waals surface area contributed by atoms with Crippen LogP contribution < -0.4 is 0 Å². The van der Waals surface area contributed by atoms with Gasteiger partial charge in [0.25, 0.3) is 0 Å². The highest BCUT2D eigenvalue weighted by molar-refractivity contribution is 6.68. The number of epoxide rings is 1. The van der Waals surface area contributed by atoms with Gasteiger partial charge in [-0.15, -0.1) is 0 Å². The lowest BCUT2D eigenvalue weighted by molar-refractivity contribution is 0.0938. The Kier molecular flexibility index (Phi) is 6.14. The minimum absolute atomic E-state index is 0.206. The van der Waals surface area contributed by atoms with Crippen molar-refractivity contribution in [3.05, 3.63) is 11.5 Å². The van der Waals surface area contributed by atoms with Crippen LogP contribution in [0, 0.1) is 0 Å². The largest absolute Gasteiger partial charge is 0.572 e. The van der Waals surface area contributed by atoms with E-state index in [-0.39, 0.29) is 6.10 Å². The third-order valence-electron chi connectivity index (χ3n) is 2.55. The molecule has 1 atom stereocenters. The Morgan fingerprint density at radius 2 is 1.88 bits per heavy atom. The molecule has 6 heteroatoms. The normalized spacial score (nSPS) is 20.5. The van der Waals surface area contributed by atoms with E-state index in [1.807, 2.05) is 6.08 Å². The van der Waals surface area contributed by atoms with Crippen LogP contribution in [0.2, 0.25) is 0 Å². The monoisotopic (exact) mass is 262 g/mol. The average Bonchev–Trinajstić information content (AvgIpc) is 3.18. The summed E-state index contributed by atoms with van der Waals surface area (Å²) in [5, 5.41) is 0.683. The summed E-state index contributed by atoms with van der Waals surface area (Å²) in [5.41, 5.74) is 0. The van der Waals surface area contributed by atoms with Crippen molar-refractivity contribution in [1.29, 1.82) is 0 Å². The van der Waals surface area contributed by atoms with Crippen LogP contribution in [0.25, 0.3) is 0 Å². The minimum atomic E-state index is -2.84.